The van der Waals surface area contributed by atoms with E-state index in [1.165, 1.54) is 38.9 Å². The molecule has 1 heteroatoms. The summed E-state index contributed by atoms with van der Waals surface area (Å²) < 4.78 is 0. The number of hydrogen-bond donors (Lipinski definition) is 0. The Hall–Kier alpha value is -3.71. The van der Waals surface area contributed by atoms with E-state index in [2.05, 4.69) is 132 Å². The Morgan fingerprint density at radius 3 is 1.85 bits per heavy atom. The first-order valence-electron chi connectivity index (χ1n) is 12.0. The Kier molecular flexibility index (Phi) is 5.57. The molecule has 0 spiro atoms. The van der Waals surface area contributed by atoms with Gasteiger partial charge in [-0.25, -0.2) is 4.98 Å². The second-order valence-corrected chi connectivity index (χ2v) is 10.2. The van der Waals surface area contributed by atoms with E-state index >= 15 is 0 Å². The van der Waals surface area contributed by atoms with Gasteiger partial charge in [-0.15, -0.1) is 0 Å². The topological polar surface area (TPSA) is 12.9 Å². The summed E-state index contributed by atoms with van der Waals surface area (Å²) in [5, 5.41) is 0. The van der Waals surface area contributed by atoms with E-state index in [4.69, 9.17) is 4.98 Å². The van der Waals surface area contributed by atoms with Crippen molar-refractivity contribution in [1.29, 1.82) is 0 Å². The molecule has 0 bridgehead atoms. The van der Waals surface area contributed by atoms with Crippen LogP contribution in [0.1, 0.15) is 37.5 Å². The molecule has 0 unspecified atom stereocenters. The van der Waals surface area contributed by atoms with Gasteiger partial charge in [-0.1, -0.05) is 111 Å². The number of aryl methyl sites for hydroxylation is 1. The molecule has 3 aromatic rings. The van der Waals surface area contributed by atoms with E-state index in [1.807, 2.05) is 0 Å². The zero-order valence-corrected chi connectivity index (χ0v) is 20.7. The van der Waals surface area contributed by atoms with Crippen molar-refractivity contribution < 1.29 is 0 Å². The van der Waals surface area contributed by atoms with Crippen molar-refractivity contribution >= 4 is 0 Å². The maximum Gasteiger partial charge on any atom is 0.0744 e. The molecule has 0 saturated heterocycles. The van der Waals surface area contributed by atoms with Crippen LogP contribution in [0.5, 0.6) is 0 Å². The normalized spacial score (nSPS) is 11.7. The van der Waals surface area contributed by atoms with Crippen molar-refractivity contribution in [3.63, 3.8) is 0 Å². The molecule has 1 aromatic heterocycles. The van der Waals surface area contributed by atoms with Crippen molar-refractivity contribution in [3.05, 3.63) is 114 Å². The third-order valence-electron chi connectivity index (χ3n) is 6.65. The highest BCUT2D eigenvalue weighted by Gasteiger charge is 2.27. The standard InChI is InChI=1S/C33H31N/c1-22-16-18-26-20-29(33(3,4)5)31(27(26)19-17-22)28-21-30(24-12-8-6-9-13-24)34-32(23(28)2)25-14-10-7-11-15-25/h6-21H,1-5H3. The molecule has 0 saturated carbocycles. The molecule has 0 fully saturated rings. The van der Waals surface area contributed by atoms with Crippen LogP contribution in [-0.4, -0.2) is 4.98 Å². The fourth-order valence-electron chi connectivity index (χ4n) is 4.79. The van der Waals surface area contributed by atoms with Crippen LogP contribution in [0, 0.1) is 13.8 Å². The quantitative estimate of drug-likeness (QED) is 0.272. The molecule has 0 atom stereocenters. The lowest BCUT2D eigenvalue weighted by atomic mass is 9.82. The third-order valence-corrected chi connectivity index (χ3v) is 6.65. The van der Waals surface area contributed by atoms with Gasteiger partial charge in [0.15, 0.2) is 0 Å². The molecule has 0 amide bonds. The van der Waals surface area contributed by atoms with E-state index in [1.54, 1.807) is 0 Å². The van der Waals surface area contributed by atoms with Gasteiger partial charge in [-0.05, 0) is 64.8 Å². The molecular formula is C33H31N. The molecule has 1 heterocycles. The monoisotopic (exact) mass is 441 g/mol. The maximum atomic E-state index is 5.18. The van der Waals surface area contributed by atoms with E-state index in [0.29, 0.717) is 0 Å². The summed E-state index contributed by atoms with van der Waals surface area (Å²) in [6.07, 6.45) is 0. The SMILES string of the molecule is Cc1ccc2cc(C(C)(C)C)c(-c3cc(-c4ccccc4)nc(-c4ccccc4)c3C)c-2cc1. The summed E-state index contributed by atoms with van der Waals surface area (Å²) in [4.78, 5) is 5.18. The molecule has 2 aliphatic rings. The maximum absolute atomic E-state index is 5.18. The minimum absolute atomic E-state index is 0.0114. The van der Waals surface area contributed by atoms with Crippen LogP contribution in [0.2, 0.25) is 0 Å². The van der Waals surface area contributed by atoms with Crippen LogP contribution in [0.15, 0.2) is 97.1 Å². The lowest BCUT2D eigenvalue weighted by Crippen LogP contribution is -2.11. The predicted molar refractivity (Wildman–Crippen MR) is 145 cm³/mol. The first-order chi connectivity index (χ1) is 16.3. The molecule has 34 heavy (non-hydrogen) atoms. The minimum Gasteiger partial charge on any atom is -0.247 e. The average molecular weight is 442 g/mol. The number of aromatic nitrogens is 1. The van der Waals surface area contributed by atoms with E-state index < -0.39 is 0 Å². The number of nitrogens with zero attached hydrogens (tertiary/aromatic N) is 1. The predicted octanol–water partition coefficient (Wildman–Crippen LogP) is 9.10. The van der Waals surface area contributed by atoms with Gasteiger partial charge in [0.25, 0.3) is 0 Å². The first kappa shape index (κ1) is 22.1. The van der Waals surface area contributed by atoms with Crippen molar-refractivity contribution in [2.45, 2.75) is 40.0 Å². The smallest absolute Gasteiger partial charge is 0.0744 e. The Morgan fingerprint density at radius 2 is 1.21 bits per heavy atom. The Balaban J connectivity index is 1.88. The lowest BCUT2D eigenvalue weighted by molar-refractivity contribution is 0.594. The molecule has 0 N–H and O–H groups in total. The van der Waals surface area contributed by atoms with Crippen molar-refractivity contribution in [2.75, 3.05) is 0 Å². The second kappa shape index (κ2) is 8.57. The summed E-state index contributed by atoms with van der Waals surface area (Å²) in [5.41, 5.74) is 13.4. The summed E-state index contributed by atoms with van der Waals surface area (Å²) in [6.45, 7) is 11.3. The number of benzene rings is 2. The second-order valence-electron chi connectivity index (χ2n) is 10.2. The van der Waals surface area contributed by atoms with Gasteiger partial charge in [-0.2, -0.15) is 0 Å². The fourth-order valence-corrected chi connectivity index (χ4v) is 4.79. The third kappa shape index (κ3) is 4.03. The summed E-state index contributed by atoms with van der Waals surface area (Å²) in [6, 6.07) is 34.7. The molecule has 0 aliphatic heterocycles. The first-order valence-corrected chi connectivity index (χ1v) is 12.0. The average Bonchev–Trinajstić information content (AvgIpc) is 3.11. The van der Waals surface area contributed by atoms with Crippen molar-refractivity contribution in [3.8, 4) is 44.8 Å². The molecule has 0 radical (unpaired) electrons. The molecule has 2 aromatic carbocycles. The van der Waals surface area contributed by atoms with Crippen LogP contribution >= 0.6 is 0 Å². The van der Waals surface area contributed by atoms with E-state index in [9.17, 15) is 0 Å². The molecule has 1 nitrogen and oxygen atoms in total. The van der Waals surface area contributed by atoms with E-state index in [-0.39, 0.29) is 5.41 Å². The van der Waals surface area contributed by atoms with Crippen LogP contribution in [0.3, 0.4) is 0 Å². The van der Waals surface area contributed by atoms with Crippen molar-refractivity contribution in [2.24, 2.45) is 0 Å². The number of hydrogen-bond acceptors (Lipinski definition) is 1. The Labute approximate surface area is 203 Å². The van der Waals surface area contributed by atoms with Gasteiger partial charge in [0.05, 0.1) is 11.4 Å². The fraction of sp³-hybridized carbons (Fsp3) is 0.182. The van der Waals surface area contributed by atoms with Gasteiger partial charge in [0.2, 0.25) is 0 Å². The zero-order chi connectivity index (χ0) is 23.9. The highest BCUT2D eigenvalue weighted by Crippen LogP contribution is 2.47. The van der Waals surface area contributed by atoms with Gasteiger partial charge in [0, 0.05) is 11.1 Å². The lowest BCUT2D eigenvalue weighted by Gasteiger charge is -2.23. The Morgan fingerprint density at radius 1 is 0.588 bits per heavy atom. The molecular weight excluding hydrogens is 410 g/mol. The summed E-state index contributed by atoms with van der Waals surface area (Å²) in [7, 11) is 0. The van der Waals surface area contributed by atoms with Crippen LogP contribution < -0.4 is 0 Å². The minimum atomic E-state index is 0.0114. The van der Waals surface area contributed by atoms with Gasteiger partial charge in [0.1, 0.15) is 0 Å². The van der Waals surface area contributed by atoms with Crippen molar-refractivity contribution in [1.82, 2.24) is 4.98 Å². The largest absolute Gasteiger partial charge is 0.247 e. The van der Waals surface area contributed by atoms with E-state index in [0.717, 1.165) is 22.5 Å². The molecule has 2 aliphatic carbocycles. The number of fused-ring (bicyclic) bond motifs is 1. The Bertz CT molecular complexity index is 1420. The van der Waals surface area contributed by atoms with Gasteiger partial charge in [-0.3, -0.25) is 0 Å². The molecule has 5 rings (SSSR count). The summed E-state index contributed by atoms with van der Waals surface area (Å²) >= 11 is 0. The number of rotatable bonds is 3. The molecule has 168 valence electrons. The highest BCUT2D eigenvalue weighted by molar-refractivity contribution is 5.94. The van der Waals surface area contributed by atoms with Crippen LogP contribution in [-0.2, 0) is 5.41 Å². The van der Waals surface area contributed by atoms with Gasteiger partial charge >= 0.3 is 0 Å². The number of pyridine rings is 1. The summed E-state index contributed by atoms with van der Waals surface area (Å²) in [5.74, 6) is 0. The van der Waals surface area contributed by atoms with Crippen LogP contribution in [0.25, 0.3) is 44.8 Å². The van der Waals surface area contributed by atoms with Gasteiger partial charge < -0.3 is 0 Å². The highest BCUT2D eigenvalue weighted by atomic mass is 14.7. The zero-order valence-electron chi connectivity index (χ0n) is 20.7. The van der Waals surface area contributed by atoms with Crippen LogP contribution in [0.4, 0.5) is 0 Å².